The van der Waals surface area contributed by atoms with Crippen LogP contribution in [0, 0.1) is 12.8 Å². The molecule has 2 amide bonds. The first-order valence-corrected chi connectivity index (χ1v) is 10.0. The molecule has 0 bridgehead atoms. The number of benzene rings is 1. The number of carbonyl (C=O) groups excluding carboxylic acids is 2. The summed E-state index contributed by atoms with van der Waals surface area (Å²) in [5.74, 6) is -0.416. The molecule has 0 saturated carbocycles. The highest BCUT2D eigenvalue weighted by Crippen LogP contribution is 2.24. The molecule has 0 spiro atoms. The summed E-state index contributed by atoms with van der Waals surface area (Å²) in [5, 5.41) is 9.23. The smallest absolute Gasteiger partial charge is 0.292 e. The van der Waals surface area contributed by atoms with Gasteiger partial charge in [0.05, 0.1) is 5.92 Å². The van der Waals surface area contributed by atoms with Gasteiger partial charge in [0.15, 0.2) is 5.13 Å². The number of aromatic nitrogens is 2. The molecule has 1 aliphatic heterocycles. The lowest BCUT2D eigenvalue weighted by Crippen LogP contribution is -2.43. The predicted molar refractivity (Wildman–Crippen MR) is 106 cm³/mol. The molecule has 1 N–H and O–H groups in total. The topological polar surface area (TPSA) is 88.3 Å². The van der Waals surface area contributed by atoms with Crippen molar-refractivity contribution < 1.29 is 14.1 Å². The number of piperidine rings is 1. The maximum Gasteiger partial charge on any atom is 0.292 e. The van der Waals surface area contributed by atoms with Crippen LogP contribution < -0.4 is 5.32 Å². The van der Waals surface area contributed by atoms with E-state index < -0.39 is 0 Å². The highest BCUT2D eigenvalue weighted by atomic mass is 32.1. The number of nitrogens with one attached hydrogen (secondary N) is 1. The van der Waals surface area contributed by atoms with E-state index in [4.69, 9.17) is 4.52 Å². The molecule has 144 valence electrons. The summed E-state index contributed by atoms with van der Waals surface area (Å²) in [7, 11) is 0. The molecule has 4 rings (SSSR count). The van der Waals surface area contributed by atoms with Gasteiger partial charge < -0.3 is 14.7 Å². The van der Waals surface area contributed by atoms with E-state index in [2.05, 4.69) is 15.5 Å². The van der Waals surface area contributed by atoms with Crippen LogP contribution >= 0.6 is 11.3 Å². The van der Waals surface area contributed by atoms with Crippen LogP contribution in [0.5, 0.6) is 0 Å². The van der Waals surface area contributed by atoms with Crippen molar-refractivity contribution in [2.24, 2.45) is 5.92 Å². The van der Waals surface area contributed by atoms with E-state index in [0.29, 0.717) is 23.9 Å². The van der Waals surface area contributed by atoms with Crippen molar-refractivity contribution in [3.8, 4) is 11.3 Å². The van der Waals surface area contributed by atoms with Crippen LogP contribution in [0.2, 0.25) is 0 Å². The predicted octanol–water partition coefficient (Wildman–Crippen LogP) is 3.60. The normalized spacial score (nSPS) is 16.8. The number of hydrogen-bond donors (Lipinski definition) is 1. The maximum atomic E-state index is 12.8. The Bertz CT molecular complexity index is 966. The summed E-state index contributed by atoms with van der Waals surface area (Å²) in [6, 6.07) is 9.53. The van der Waals surface area contributed by atoms with Gasteiger partial charge >= 0.3 is 0 Å². The van der Waals surface area contributed by atoms with Gasteiger partial charge in [0.25, 0.3) is 5.91 Å². The zero-order chi connectivity index (χ0) is 19.5. The third kappa shape index (κ3) is 3.96. The molecule has 1 saturated heterocycles. The van der Waals surface area contributed by atoms with Crippen LogP contribution in [-0.2, 0) is 4.79 Å². The van der Waals surface area contributed by atoms with Crippen LogP contribution in [0.15, 0.2) is 46.4 Å². The molecule has 1 aliphatic rings. The van der Waals surface area contributed by atoms with Crippen molar-refractivity contribution in [3.63, 3.8) is 0 Å². The Morgan fingerprint density at radius 1 is 1.29 bits per heavy atom. The average Bonchev–Trinajstić information content (AvgIpc) is 3.40. The van der Waals surface area contributed by atoms with Gasteiger partial charge in [0, 0.05) is 36.3 Å². The standard InChI is InChI=1S/C20H20N4O3S/c1-13-4-6-14(7-5-13)16-11-17(27-23-16)19(26)24-9-2-3-15(12-24)18(25)22-20-21-8-10-28-20/h4-8,10-11,15H,2-3,9,12H2,1H3,(H,21,22,25). The Balaban J connectivity index is 1.43. The number of carbonyl (C=O) groups is 2. The molecule has 1 unspecified atom stereocenters. The summed E-state index contributed by atoms with van der Waals surface area (Å²) < 4.78 is 5.30. The van der Waals surface area contributed by atoms with Crippen LogP contribution in [-0.4, -0.2) is 39.9 Å². The molecule has 1 fully saturated rings. The Morgan fingerprint density at radius 2 is 2.11 bits per heavy atom. The van der Waals surface area contributed by atoms with Crippen molar-refractivity contribution in [3.05, 3.63) is 53.2 Å². The summed E-state index contributed by atoms with van der Waals surface area (Å²) >= 11 is 1.37. The van der Waals surface area contributed by atoms with Gasteiger partial charge in [0.1, 0.15) is 5.69 Å². The van der Waals surface area contributed by atoms with E-state index in [-0.39, 0.29) is 23.5 Å². The molecule has 28 heavy (non-hydrogen) atoms. The fourth-order valence-electron chi connectivity index (χ4n) is 3.26. The minimum atomic E-state index is -0.263. The fraction of sp³-hybridized carbons (Fsp3) is 0.300. The third-order valence-corrected chi connectivity index (χ3v) is 5.50. The number of amides is 2. The zero-order valence-electron chi connectivity index (χ0n) is 15.4. The molecule has 1 aromatic carbocycles. The number of rotatable bonds is 4. The van der Waals surface area contributed by atoms with Gasteiger partial charge in [0.2, 0.25) is 11.7 Å². The quantitative estimate of drug-likeness (QED) is 0.728. The van der Waals surface area contributed by atoms with Gasteiger partial charge in [-0.25, -0.2) is 4.98 Å². The SMILES string of the molecule is Cc1ccc(-c2cc(C(=O)N3CCCC(C(=O)Nc4nccs4)C3)on2)cc1. The second kappa shape index (κ2) is 7.93. The molecular weight excluding hydrogens is 376 g/mol. The fourth-order valence-corrected chi connectivity index (χ4v) is 3.79. The first-order chi connectivity index (χ1) is 13.6. The Hall–Kier alpha value is -3.00. The number of nitrogens with zero attached hydrogens (tertiary/aromatic N) is 3. The monoisotopic (exact) mass is 396 g/mol. The number of thiazole rings is 1. The van der Waals surface area contributed by atoms with Crippen LogP contribution in [0.25, 0.3) is 11.3 Å². The molecule has 3 aromatic rings. The number of anilines is 1. The molecule has 8 heteroatoms. The van der Waals surface area contributed by atoms with E-state index in [0.717, 1.165) is 24.0 Å². The van der Waals surface area contributed by atoms with Gasteiger partial charge in [-0.15, -0.1) is 11.3 Å². The lowest BCUT2D eigenvalue weighted by molar-refractivity contribution is -0.121. The minimum absolute atomic E-state index is 0.106. The molecular formula is C20H20N4O3S. The minimum Gasteiger partial charge on any atom is -0.350 e. The Labute approximate surface area is 166 Å². The van der Waals surface area contributed by atoms with E-state index in [1.54, 1.807) is 17.2 Å². The number of hydrogen-bond acceptors (Lipinski definition) is 6. The first kappa shape index (κ1) is 18.4. The van der Waals surface area contributed by atoms with Gasteiger partial charge in [-0.2, -0.15) is 0 Å². The van der Waals surface area contributed by atoms with E-state index in [1.807, 2.05) is 36.6 Å². The Morgan fingerprint density at radius 3 is 2.86 bits per heavy atom. The first-order valence-electron chi connectivity index (χ1n) is 9.13. The van der Waals surface area contributed by atoms with Crippen molar-refractivity contribution >= 4 is 28.3 Å². The van der Waals surface area contributed by atoms with E-state index in [1.165, 1.54) is 11.3 Å². The molecule has 1 atom stereocenters. The summed E-state index contributed by atoms with van der Waals surface area (Å²) in [6.45, 7) is 2.97. The highest BCUT2D eigenvalue weighted by Gasteiger charge is 2.31. The molecule has 3 heterocycles. The Kier molecular flexibility index (Phi) is 5.21. The van der Waals surface area contributed by atoms with Gasteiger partial charge in [-0.3, -0.25) is 9.59 Å². The highest BCUT2D eigenvalue weighted by molar-refractivity contribution is 7.13. The van der Waals surface area contributed by atoms with Gasteiger partial charge in [-0.05, 0) is 19.8 Å². The number of likely N-dealkylation sites (tertiary alicyclic amines) is 1. The van der Waals surface area contributed by atoms with E-state index in [9.17, 15) is 9.59 Å². The summed E-state index contributed by atoms with van der Waals surface area (Å²) in [4.78, 5) is 31.0. The summed E-state index contributed by atoms with van der Waals surface area (Å²) in [5.41, 5.74) is 2.67. The zero-order valence-corrected chi connectivity index (χ0v) is 16.2. The molecule has 2 aromatic heterocycles. The van der Waals surface area contributed by atoms with Crippen LogP contribution in [0.3, 0.4) is 0 Å². The summed E-state index contributed by atoms with van der Waals surface area (Å²) in [6.07, 6.45) is 3.15. The lowest BCUT2D eigenvalue weighted by atomic mass is 9.97. The molecule has 7 nitrogen and oxygen atoms in total. The maximum absolute atomic E-state index is 12.8. The van der Waals surface area contributed by atoms with Crippen molar-refractivity contribution in [2.75, 3.05) is 18.4 Å². The second-order valence-corrected chi connectivity index (χ2v) is 7.75. The van der Waals surface area contributed by atoms with Gasteiger partial charge in [-0.1, -0.05) is 35.0 Å². The van der Waals surface area contributed by atoms with Crippen LogP contribution in [0.4, 0.5) is 5.13 Å². The molecule has 0 aliphatic carbocycles. The average molecular weight is 396 g/mol. The second-order valence-electron chi connectivity index (χ2n) is 6.86. The lowest BCUT2D eigenvalue weighted by Gasteiger charge is -2.31. The van der Waals surface area contributed by atoms with Crippen molar-refractivity contribution in [1.29, 1.82) is 0 Å². The number of aryl methyl sites for hydroxylation is 1. The largest absolute Gasteiger partial charge is 0.350 e. The third-order valence-electron chi connectivity index (χ3n) is 4.81. The molecule has 0 radical (unpaired) electrons. The van der Waals surface area contributed by atoms with Crippen molar-refractivity contribution in [1.82, 2.24) is 15.0 Å². The van der Waals surface area contributed by atoms with Crippen molar-refractivity contribution in [2.45, 2.75) is 19.8 Å². The van der Waals surface area contributed by atoms with Crippen LogP contribution in [0.1, 0.15) is 29.0 Å². The van der Waals surface area contributed by atoms with E-state index >= 15 is 0 Å².